The first-order valence-electron chi connectivity index (χ1n) is 6.12. The number of Topliss-reactive ketones (excluding diaryl/α,β-unsaturated/α-hetero) is 1. The van der Waals surface area contributed by atoms with Gasteiger partial charge in [-0.05, 0) is 38.8 Å². The first-order chi connectivity index (χ1) is 6.89. The van der Waals surface area contributed by atoms with E-state index in [0.717, 1.165) is 45.2 Å². The third-order valence-corrected chi connectivity index (χ3v) is 2.87. The second-order valence-electron chi connectivity index (χ2n) is 4.26. The average molecular weight is 197 g/mol. The van der Waals surface area contributed by atoms with Crippen LogP contribution in [0.1, 0.15) is 57.8 Å². The summed E-state index contributed by atoms with van der Waals surface area (Å²) in [6.45, 7) is 2.25. The topological polar surface area (TPSA) is 29.1 Å². The highest BCUT2D eigenvalue weighted by Gasteiger charge is 2.02. The van der Waals surface area contributed by atoms with Gasteiger partial charge in [0.25, 0.3) is 0 Å². The zero-order chi connectivity index (χ0) is 10.1. The summed E-state index contributed by atoms with van der Waals surface area (Å²) in [5, 5.41) is 3.43. The molecule has 2 nitrogen and oxygen atoms in total. The number of hydrogen-bond acceptors (Lipinski definition) is 2. The Balaban J connectivity index is 2.15. The summed E-state index contributed by atoms with van der Waals surface area (Å²) in [5.74, 6) is 0.476. The highest BCUT2D eigenvalue weighted by atomic mass is 16.1. The summed E-state index contributed by atoms with van der Waals surface area (Å²) in [7, 11) is 0. The van der Waals surface area contributed by atoms with Crippen LogP contribution in [0.3, 0.4) is 0 Å². The summed E-state index contributed by atoms with van der Waals surface area (Å²) < 4.78 is 0. The molecule has 1 fully saturated rings. The van der Waals surface area contributed by atoms with Gasteiger partial charge in [0, 0.05) is 12.8 Å². The van der Waals surface area contributed by atoms with Crippen LogP contribution < -0.4 is 5.32 Å². The number of nitrogens with one attached hydrogen (secondary N) is 1. The van der Waals surface area contributed by atoms with Crippen molar-refractivity contribution in [3.63, 3.8) is 0 Å². The van der Waals surface area contributed by atoms with E-state index in [0.29, 0.717) is 5.78 Å². The van der Waals surface area contributed by atoms with E-state index >= 15 is 0 Å². The minimum Gasteiger partial charge on any atom is -0.317 e. The van der Waals surface area contributed by atoms with Crippen molar-refractivity contribution in [3.8, 4) is 0 Å². The quantitative estimate of drug-likeness (QED) is 0.647. The van der Waals surface area contributed by atoms with Crippen molar-refractivity contribution in [3.05, 3.63) is 0 Å². The van der Waals surface area contributed by atoms with E-state index in [-0.39, 0.29) is 0 Å². The molecule has 0 amide bonds. The number of hydrogen-bond donors (Lipinski definition) is 1. The first kappa shape index (κ1) is 11.7. The Morgan fingerprint density at radius 3 is 2.00 bits per heavy atom. The van der Waals surface area contributed by atoms with E-state index in [1.54, 1.807) is 0 Å². The van der Waals surface area contributed by atoms with E-state index in [4.69, 9.17) is 0 Å². The van der Waals surface area contributed by atoms with Gasteiger partial charge in [-0.15, -0.1) is 0 Å². The van der Waals surface area contributed by atoms with Crippen molar-refractivity contribution in [1.82, 2.24) is 5.32 Å². The molecule has 1 saturated heterocycles. The van der Waals surface area contributed by atoms with Crippen LogP contribution in [0.15, 0.2) is 0 Å². The van der Waals surface area contributed by atoms with Gasteiger partial charge in [0.15, 0.2) is 0 Å². The van der Waals surface area contributed by atoms with Crippen molar-refractivity contribution in [2.45, 2.75) is 57.8 Å². The first-order valence-corrected chi connectivity index (χ1v) is 6.12. The fourth-order valence-electron chi connectivity index (χ4n) is 1.92. The molecular formula is C12H23NO. The molecule has 0 bridgehead atoms. The Labute approximate surface area is 87.5 Å². The molecule has 1 aliphatic heterocycles. The molecule has 1 rings (SSSR count). The van der Waals surface area contributed by atoms with Gasteiger partial charge in [-0.25, -0.2) is 0 Å². The van der Waals surface area contributed by atoms with Crippen LogP contribution in [0.5, 0.6) is 0 Å². The molecule has 0 spiro atoms. The van der Waals surface area contributed by atoms with Gasteiger partial charge in [0.1, 0.15) is 5.78 Å². The van der Waals surface area contributed by atoms with Crippen LogP contribution in [0.4, 0.5) is 0 Å². The summed E-state index contributed by atoms with van der Waals surface area (Å²) in [6.07, 6.45) is 10.1. The zero-order valence-corrected chi connectivity index (χ0v) is 9.19. The third-order valence-electron chi connectivity index (χ3n) is 2.87. The van der Waals surface area contributed by atoms with Gasteiger partial charge < -0.3 is 5.32 Å². The Morgan fingerprint density at radius 1 is 0.714 bits per heavy atom. The molecule has 0 radical (unpaired) electrons. The van der Waals surface area contributed by atoms with Gasteiger partial charge in [0.05, 0.1) is 0 Å². The van der Waals surface area contributed by atoms with Crippen LogP contribution in [-0.2, 0) is 4.79 Å². The molecule has 1 heterocycles. The van der Waals surface area contributed by atoms with Crippen molar-refractivity contribution < 1.29 is 4.79 Å². The smallest absolute Gasteiger partial charge is 0.132 e. The van der Waals surface area contributed by atoms with Crippen LogP contribution >= 0.6 is 0 Å². The van der Waals surface area contributed by atoms with E-state index in [9.17, 15) is 4.79 Å². The largest absolute Gasteiger partial charge is 0.317 e. The van der Waals surface area contributed by atoms with Crippen molar-refractivity contribution in [2.24, 2.45) is 0 Å². The van der Waals surface area contributed by atoms with Crippen LogP contribution in [-0.4, -0.2) is 18.9 Å². The SMILES string of the molecule is O=C1CCCCCCCNCCCC1. The van der Waals surface area contributed by atoms with Crippen LogP contribution in [0.25, 0.3) is 0 Å². The minimum atomic E-state index is 0.476. The fourth-order valence-corrected chi connectivity index (χ4v) is 1.92. The maximum atomic E-state index is 11.4. The molecular weight excluding hydrogens is 174 g/mol. The maximum absolute atomic E-state index is 11.4. The lowest BCUT2D eigenvalue weighted by Crippen LogP contribution is -2.16. The molecule has 0 aromatic carbocycles. The molecule has 0 unspecified atom stereocenters. The van der Waals surface area contributed by atoms with E-state index < -0.39 is 0 Å². The average Bonchev–Trinajstić information content (AvgIpc) is 2.20. The van der Waals surface area contributed by atoms with E-state index in [1.165, 1.54) is 25.7 Å². The summed E-state index contributed by atoms with van der Waals surface area (Å²) >= 11 is 0. The third kappa shape index (κ3) is 6.14. The maximum Gasteiger partial charge on any atom is 0.132 e. The fraction of sp³-hybridized carbons (Fsp3) is 0.917. The number of carbonyl (C=O) groups is 1. The van der Waals surface area contributed by atoms with E-state index in [1.807, 2.05) is 0 Å². The summed E-state index contributed by atoms with van der Waals surface area (Å²) in [6, 6.07) is 0. The molecule has 0 saturated carbocycles. The Kier molecular flexibility index (Phi) is 6.67. The predicted octanol–water partition coefficient (Wildman–Crippen LogP) is 2.67. The lowest BCUT2D eigenvalue weighted by Gasteiger charge is -2.02. The van der Waals surface area contributed by atoms with Gasteiger partial charge in [0.2, 0.25) is 0 Å². The molecule has 14 heavy (non-hydrogen) atoms. The minimum absolute atomic E-state index is 0.476. The van der Waals surface area contributed by atoms with Crippen LogP contribution in [0, 0.1) is 0 Å². The molecule has 0 aromatic heterocycles. The van der Waals surface area contributed by atoms with Crippen molar-refractivity contribution in [1.29, 1.82) is 0 Å². The number of carbonyl (C=O) groups excluding carboxylic acids is 1. The van der Waals surface area contributed by atoms with Crippen molar-refractivity contribution in [2.75, 3.05) is 13.1 Å². The highest BCUT2D eigenvalue weighted by molar-refractivity contribution is 5.78. The Bertz CT molecular complexity index is 140. The number of rotatable bonds is 0. The van der Waals surface area contributed by atoms with Gasteiger partial charge in [-0.2, -0.15) is 0 Å². The summed E-state index contributed by atoms with van der Waals surface area (Å²) in [5.41, 5.74) is 0. The molecule has 82 valence electrons. The second kappa shape index (κ2) is 7.98. The summed E-state index contributed by atoms with van der Waals surface area (Å²) in [4.78, 5) is 11.4. The van der Waals surface area contributed by atoms with Gasteiger partial charge in [-0.1, -0.05) is 19.3 Å². The lowest BCUT2D eigenvalue weighted by atomic mass is 10.1. The van der Waals surface area contributed by atoms with Crippen LogP contribution in [0.2, 0.25) is 0 Å². The molecule has 0 atom stereocenters. The Hall–Kier alpha value is -0.370. The molecule has 0 aliphatic carbocycles. The lowest BCUT2D eigenvalue weighted by molar-refractivity contribution is -0.119. The normalized spacial score (nSPS) is 23.3. The van der Waals surface area contributed by atoms with Crippen molar-refractivity contribution >= 4 is 5.78 Å². The molecule has 0 aromatic rings. The standard InChI is InChI=1S/C12H23NO/c14-12-8-4-2-1-3-6-10-13-11-7-5-9-12/h13H,1-11H2. The van der Waals surface area contributed by atoms with E-state index in [2.05, 4.69) is 5.32 Å². The number of ketones is 1. The Morgan fingerprint density at radius 2 is 1.21 bits per heavy atom. The molecule has 1 aliphatic rings. The second-order valence-corrected chi connectivity index (χ2v) is 4.26. The molecule has 2 heteroatoms. The van der Waals surface area contributed by atoms with Gasteiger partial charge >= 0.3 is 0 Å². The monoisotopic (exact) mass is 197 g/mol. The van der Waals surface area contributed by atoms with Gasteiger partial charge in [-0.3, -0.25) is 4.79 Å². The zero-order valence-electron chi connectivity index (χ0n) is 9.19. The molecule has 1 N–H and O–H groups in total. The predicted molar refractivity (Wildman–Crippen MR) is 59.4 cm³/mol. The highest BCUT2D eigenvalue weighted by Crippen LogP contribution is 2.08.